The van der Waals surface area contributed by atoms with Crippen LogP contribution in [-0.4, -0.2) is 33.5 Å². The molecule has 5 atom stereocenters. The number of fused-ring (bicyclic) bond motifs is 1. The Hall–Kier alpha value is -1.31. The topological polar surface area (TPSA) is 77.8 Å². The average molecular weight is 389 g/mol. The molecule has 156 valence electrons. The first kappa shape index (κ1) is 21.4. The lowest BCUT2D eigenvalue weighted by Crippen LogP contribution is -2.23. The van der Waals surface area contributed by atoms with Gasteiger partial charge in [0.1, 0.15) is 6.10 Å². The van der Waals surface area contributed by atoms with E-state index in [4.69, 9.17) is 5.11 Å². The summed E-state index contributed by atoms with van der Waals surface area (Å²) >= 11 is 0. The molecule has 0 spiro atoms. The van der Waals surface area contributed by atoms with E-state index in [0.717, 1.165) is 38.5 Å². The molecule has 4 heteroatoms. The lowest BCUT2D eigenvalue weighted by molar-refractivity contribution is -0.139. The number of aliphatic hydroxyl groups is 2. The van der Waals surface area contributed by atoms with E-state index < -0.39 is 12.1 Å². The fourth-order valence-electron chi connectivity index (χ4n) is 5.48. The summed E-state index contributed by atoms with van der Waals surface area (Å²) in [6.07, 6.45) is 10.7. The van der Waals surface area contributed by atoms with Gasteiger partial charge in [0.05, 0.1) is 12.5 Å². The fraction of sp³-hybridized carbons (Fsp3) is 0.792. The Labute approximate surface area is 169 Å². The first-order chi connectivity index (χ1) is 13.2. The van der Waals surface area contributed by atoms with Crippen molar-refractivity contribution in [2.24, 2.45) is 29.1 Å². The number of carboxylic acids is 1. The molecule has 3 aliphatic carbocycles. The van der Waals surface area contributed by atoms with Crippen LogP contribution in [0.4, 0.5) is 0 Å². The fourth-order valence-corrected chi connectivity index (χ4v) is 5.48. The second kappa shape index (κ2) is 9.01. The maximum Gasteiger partial charge on any atom is 0.303 e. The Morgan fingerprint density at radius 1 is 1.25 bits per heavy atom. The molecule has 0 bridgehead atoms. The van der Waals surface area contributed by atoms with E-state index in [-0.39, 0.29) is 23.9 Å². The third kappa shape index (κ3) is 5.39. The van der Waals surface area contributed by atoms with Crippen molar-refractivity contribution in [1.29, 1.82) is 0 Å². The molecule has 28 heavy (non-hydrogen) atoms. The predicted molar refractivity (Wildman–Crippen MR) is 109 cm³/mol. The minimum absolute atomic E-state index is 0.0406. The zero-order chi connectivity index (χ0) is 20.3. The number of hydrogen-bond acceptors (Lipinski definition) is 3. The van der Waals surface area contributed by atoms with E-state index in [1.165, 1.54) is 24.8 Å². The molecule has 3 N–H and O–H groups in total. The summed E-state index contributed by atoms with van der Waals surface area (Å²) in [4.78, 5) is 11.0. The van der Waals surface area contributed by atoms with Gasteiger partial charge < -0.3 is 15.3 Å². The Bertz CT molecular complexity index is 647. The van der Waals surface area contributed by atoms with E-state index in [9.17, 15) is 15.0 Å². The molecule has 0 saturated heterocycles. The Morgan fingerprint density at radius 2 is 1.96 bits per heavy atom. The number of allylic oxidation sites excluding steroid dienone is 2. The highest BCUT2D eigenvalue weighted by molar-refractivity contribution is 5.67. The van der Waals surface area contributed by atoms with Crippen LogP contribution in [0.5, 0.6) is 0 Å². The molecule has 3 aliphatic rings. The Kier molecular flexibility index (Phi) is 6.89. The molecule has 0 aromatic heterocycles. The minimum atomic E-state index is -0.748. The highest BCUT2D eigenvalue weighted by Gasteiger charge is 2.45. The van der Waals surface area contributed by atoms with Crippen LogP contribution >= 0.6 is 0 Å². The van der Waals surface area contributed by atoms with Crippen molar-refractivity contribution in [3.63, 3.8) is 0 Å². The molecule has 0 aliphatic heterocycles. The molecule has 0 amide bonds. The van der Waals surface area contributed by atoms with Crippen LogP contribution in [0.3, 0.4) is 0 Å². The van der Waals surface area contributed by atoms with Crippen molar-refractivity contribution >= 4 is 5.97 Å². The van der Waals surface area contributed by atoms with Crippen LogP contribution in [0.1, 0.15) is 78.1 Å². The molecule has 3 rings (SSSR count). The van der Waals surface area contributed by atoms with Gasteiger partial charge in [-0.15, -0.1) is 0 Å². The first-order valence-corrected chi connectivity index (χ1v) is 11.0. The molecular formula is C24H36O4. The zero-order valence-electron chi connectivity index (χ0n) is 17.4. The molecule has 0 aromatic rings. The van der Waals surface area contributed by atoms with Gasteiger partial charge in [0, 0.05) is 5.92 Å². The minimum Gasteiger partial charge on any atom is -0.481 e. The molecule has 4 nitrogen and oxygen atoms in total. The molecule has 0 heterocycles. The molecule has 0 radical (unpaired) electrons. The summed E-state index contributed by atoms with van der Waals surface area (Å²) in [5.41, 5.74) is 1.15. The van der Waals surface area contributed by atoms with Gasteiger partial charge in [-0.3, -0.25) is 4.79 Å². The normalized spacial score (nSPS) is 33.4. The lowest BCUT2D eigenvalue weighted by atomic mass is 9.84. The van der Waals surface area contributed by atoms with E-state index in [0.29, 0.717) is 17.8 Å². The number of rotatable bonds is 5. The largest absolute Gasteiger partial charge is 0.481 e. The van der Waals surface area contributed by atoms with E-state index >= 15 is 0 Å². The molecular weight excluding hydrogens is 352 g/mol. The van der Waals surface area contributed by atoms with Crippen LogP contribution in [-0.2, 0) is 4.79 Å². The van der Waals surface area contributed by atoms with Crippen molar-refractivity contribution in [1.82, 2.24) is 0 Å². The summed E-state index contributed by atoms with van der Waals surface area (Å²) in [6, 6.07) is 0. The molecule has 0 aromatic carbocycles. The lowest BCUT2D eigenvalue weighted by Gasteiger charge is -2.23. The van der Waals surface area contributed by atoms with Crippen molar-refractivity contribution in [3.05, 3.63) is 11.6 Å². The maximum atomic E-state index is 11.0. The Balaban J connectivity index is 1.60. The van der Waals surface area contributed by atoms with Gasteiger partial charge in [0.25, 0.3) is 0 Å². The third-order valence-corrected chi connectivity index (χ3v) is 7.12. The van der Waals surface area contributed by atoms with Crippen LogP contribution in [0.2, 0.25) is 0 Å². The van der Waals surface area contributed by atoms with Crippen LogP contribution in [0.15, 0.2) is 11.6 Å². The van der Waals surface area contributed by atoms with Gasteiger partial charge in [-0.05, 0) is 61.7 Å². The van der Waals surface area contributed by atoms with Gasteiger partial charge in [0.2, 0.25) is 0 Å². The highest BCUT2D eigenvalue weighted by Crippen LogP contribution is 2.50. The average Bonchev–Trinajstić information content (AvgIpc) is 3.14. The van der Waals surface area contributed by atoms with Crippen molar-refractivity contribution in [3.8, 4) is 11.8 Å². The van der Waals surface area contributed by atoms with Gasteiger partial charge in [-0.25, -0.2) is 0 Å². The zero-order valence-corrected chi connectivity index (χ0v) is 17.4. The van der Waals surface area contributed by atoms with E-state index in [1.54, 1.807) is 0 Å². The van der Waals surface area contributed by atoms with E-state index in [2.05, 4.69) is 17.9 Å². The summed E-state index contributed by atoms with van der Waals surface area (Å²) in [5, 5.41) is 30.0. The molecule has 3 fully saturated rings. The first-order valence-electron chi connectivity index (χ1n) is 11.0. The van der Waals surface area contributed by atoms with Gasteiger partial charge in [-0.1, -0.05) is 56.6 Å². The number of hydrogen-bond donors (Lipinski definition) is 3. The Morgan fingerprint density at radius 3 is 2.64 bits per heavy atom. The van der Waals surface area contributed by atoms with Gasteiger partial charge in [-0.2, -0.15) is 0 Å². The van der Waals surface area contributed by atoms with Gasteiger partial charge >= 0.3 is 5.97 Å². The molecule has 5 unspecified atom stereocenters. The maximum absolute atomic E-state index is 11.0. The van der Waals surface area contributed by atoms with Crippen LogP contribution < -0.4 is 0 Å². The summed E-state index contributed by atoms with van der Waals surface area (Å²) in [5.74, 6) is 6.70. The van der Waals surface area contributed by atoms with Crippen molar-refractivity contribution < 1.29 is 20.1 Å². The monoisotopic (exact) mass is 388 g/mol. The van der Waals surface area contributed by atoms with Crippen LogP contribution in [0, 0.1) is 40.9 Å². The number of carbonyl (C=O) groups is 1. The predicted octanol–water partition coefficient (Wildman–Crippen LogP) is 4.16. The number of carboxylic acid groups (broad SMARTS) is 1. The molecule has 3 saturated carbocycles. The quantitative estimate of drug-likeness (QED) is 0.488. The second-order valence-electron chi connectivity index (χ2n) is 10.1. The van der Waals surface area contributed by atoms with Gasteiger partial charge in [0.15, 0.2) is 0 Å². The SMILES string of the molecule is CC(C)(CC=C1CC2CC(O)C(C#CC(O)C3CCCCC3)C2C1)CC(=O)O. The summed E-state index contributed by atoms with van der Waals surface area (Å²) in [6.45, 7) is 4.00. The van der Waals surface area contributed by atoms with Crippen molar-refractivity contribution in [2.75, 3.05) is 0 Å². The second-order valence-corrected chi connectivity index (χ2v) is 10.1. The standard InChI is InChI=1S/C24H36O4/c1-24(2,15-23(27)28)11-10-16-12-18-14-22(26)19(20(18)13-16)8-9-21(25)17-6-4-3-5-7-17/h10,17-22,25-26H,3-7,11-15H2,1-2H3,(H,27,28). The number of aliphatic carboxylic acids is 1. The summed E-state index contributed by atoms with van der Waals surface area (Å²) in [7, 11) is 0. The van der Waals surface area contributed by atoms with Crippen LogP contribution in [0.25, 0.3) is 0 Å². The highest BCUT2D eigenvalue weighted by atomic mass is 16.4. The smallest absolute Gasteiger partial charge is 0.303 e. The van der Waals surface area contributed by atoms with Crippen molar-refractivity contribution in [2.45, 2.75) is 90.3 Å². The number of aliphatic hydroxyl groups excluding tert-OH is 2. The summed E-state index contributed by atoms with van der Waals surface area (Å²) < 4.78 is 0. The van der Waals surface area contributed by atoms with E-state index in [1.807, 2.05) is 13.8 Å². The third-order valence-electron chi connectivity index (χ3n) is 7.12.